The minimum Gasteiger partial charge on any atom is -0.340 e. The highest BCUT2D eigenvalue weighted by atomic mass is 32.2. The highest BCUT2D eigenvalue weighted by Crippen LogP contribution is 2.28. The van der Waals surface area contributed by atoms with E-state index in [2.05, 4.69) is 48.2 Å². The van der Waals surface area contributed by atoms with Gasteiger partial charge in [-0.1, -0.05) is 36.4 Å². The minimum absolute atomic E-state index is 0.299. The van der Waals surface area contributed by atoms with Gasteiger partial charge in [-0.15, -0.1) is 11.8 Å². The molecule has 4 heteroatoms. The first-order chi connectivity index (χ1) is 10.7. The SMILES string of the molecule is CC(c1ccccc1)N1CCN(C(=O)CC2=CCCS2)CC1. The van der Waals surface area contributed by atoms with Crippen LogP contribution in [0.15, 0.2) is 41.3 Å². The van der Waals surface area contributed by atoms with Gasteiger partial charge in [-0.25, -0.2) is 0 Å². The molecule has 1 amide bonds. The predicted molar refractivity (Wildman–Crippen MR) is 92.8 cm³/mol. The first-order valence-corrected chi connectivity index (χ1v) is 9.11. The van der Waals surface area contributed by atoms with Gasteiger partial charge in [0.25, 0.3) is 0 Å². The van der Waals surface area contributed by atoms with Crippen LogP contribution in [0, 0.1) is 0 Å². The van der Waals surface area contributed by atoms with Crippen LogP contribution in [0.2, 0.25) is 0 Å². The molecule has 0 aliphatic carbocycles. The summed E-state index contributed by atoms with van der Waals surface area (Å²) in [5, 5.41) is 0. The quantitative estimate of drug-likeness (QED) is 0.851. The van der Waals surface area contributed by atoms with Gasteiger partial charge in [0.1, 0.15) is 0 Å². The van der Waals surface area contributed by atoms with Crippen LogP contribution in [-0.4, -0.2) is 47.6 Å². The van der Waals surface area contributed by atoms with Gasteiger partial charge < -0.3 is 4.90 Å². The second-order valence-electron chi connectivity index (χ2n) is 5.99. The fourth-order valence-corrected chi connectivity index (χ4v) is 4.11. The summed E-state index contributed by atoms with van der Waals surface area (Å²) in [6.45, 7) is 5.90. The number of piperazine rings is 1. The summed E-state index contributed by atoms with van der Waals surface area (Å²) in [6, 6.07) is 11.0. The Morgan fingerprint density at radius 3 is 2.55 bits per heavy atom. The van der Waals surface area contributed by atoms with E-state index in [4.69, 9.17) is 0 Å². The molecule has 1 fully saturated rings. The van der Waals surface area contributed by atoms with Crippen LogP contribution in [0.25, 0.3) is 0 Å². The molecule has 0 saturated carbocycles. The van der Waals surface area contributed by atoms with E-state index in [1.165, 1.54) is 10.5 Å². The molecule has 3 nitrogen and oxygen atoms in total. The Hall–Kier alpha value is -1.26. The molecule has 0 bridgehead atoms. The lowest BCUT2D eigenvalue weighted by molar-refractivity contribution is -0.132. The van der Waals surface area contributed by atoms with Crippen molar-refractivity contribution in [3.8, 4) is 0 Å². The summed E-state index contributed by atoms with van der Waals surface area (Å²) in [5.74, 6) is 1.44. The number of hydrogen-bond donors (Lipinski definition) is 0. The fourth-order valence-electron chi connectivity index (χ4n) is 3.15. The van der Waals surface area contributed by atoms with Crippen molar-refractivity contribution in [3.63, 3.8) is 0 Å². The molecule has 2 aliphatic heterocycles. The molecule has 22 heavy (non-hydrogen) atoms. The van der Waals surface area contributed by atoms with Crippen LogP contribution in [0.3, 0.4) is 0 Å². The van der Waals surface area contributed by atoms with Crippen molar-refractivity contribution in [2.45, 2.75) is 25.8 Å². The van der Waals surface area contributed by atoms with Crippen molar-refractivity contribution in [2.24, 2.45) is 0 Å². The van der Waals surface area contributed by atoms with Crippen LogP contribution < -0.4 is 0 Å². The second-order valence-corrected chi connectivity index (χ2v) is 7.21. The van der Waals surface area contributed by atoms with Crippen LogP contribution in [0.5, 0.6) is 0 Å². The third kappa shape index (κ3) is 3.73. The van der Waals surface area contributed by atoms with Gasteiger partial charge in [-0.05, 0) is 23.8 Å². The molecule has 1 aromatic rings. The fraction of sp³-hybridized carbons (Fsp3) is 0.500. The molecule has 1 atom stereocenters. The van der Waals surface area contributed by atoms with Gasteiger partial charge in [0.05, 0.1) is 6.42 Å². The zero-order chi connectivity index (χ0) is 15.4. The number of thioether (sulfide) groups is 1. The van der Waals surface area contributed by atoms with E-state index >= 15 is 0 Å². The average molecular weight is 316 g/mol. The highest BCUT2D eigenvalue weighted by molar-refractivity contribution is 8.03. The summed E-state index contributed by atoms with van der Waals surface area (Å²) in [7, 11) is 0. The van der Waals surface area contributed by atoms with Crippen molar-refractivity contribution in [1.29, 1.82) is 0 Å². The van der Waals surface area contributed by atoms with Crippen molar-refractivity contribution in [3.05, 3.63) is 46.9 Å². The molecular weight excluding hydrogens is 292 g/mol. The Morgan fingerprint density at radius 2 is 1.91 bits per heavy atom. The molecule has 2 aliphatic rings. The number of allylic oxidation sites excluding steroid dienone is 1. The summed E-state index contributed by atoms with van der Waals surface area (Å²) < 4.78 is 0. The molecule has 1 unspecified atom stereocenters. The summed E-state index contributed by atoms with van der Waals surface area (Å²) >= 11 is 1.84. The lowest BCUT2D eigenvalue weighted by Crippen LogP contribution is -2.49. The highest BCUT2D eigenvalue weighted by Gasteiger charge is 2.25. The number of amides is 1. The summed E-state index contributed by atoms with van der Waals surface area (Å²) in [5.41, 5.74) is 1.36. The minimum atomic E-state index is 0.299. The van der Waals surface area contributed by atoms with Crippen LogP contribution in [0.4, 0.5) is 0 Å². The van der Waals surface area contributed by atoms with Crippen molar-refractivity contribution >= 4 is 17.7 Å². The summed E-state index contributed by atoms with van der Waals surface area (Å²) in [4.78, 5) is 18.1. The van der Waals surface area contributed by atoms with E-state index in [1.807, 2.05) is 16.7 Å². The lowest BCUT2D eigenvalue weighted by atomic mass is 10.1. The molecule has 1 aromatic carbocycles. The molecule has 118 valence electrons. The lowest BCUT2D eigenvalue weighted by Gasteiger charge is -2.38. The van der Waals surface area contributed by atoms with Crippen LogP contribution >= 0.6 is 11.8 Å². The van der Waals surface area contributed by atoms with E-state index < -0.39 is 0 Å². The summed E-state index contributed by atoms with van der Waals surface area (Å²) in [6.07, 6.45) is 3.95. The number of rotatable bonds is 4. The Morgan fingerprint density at radius 1 is 1.18 bits per heavy atom. The monoisotopic (exact) mass is 316 g/mol. The zero-order valence-electron chi connectivity index (χ0n) is 13.2. The van der Waals surface area contributed by atoms with Gasteiger partial charge in [-0.3, -0.25) is 9.69 Å². The Labute approximate surface area is 137 Å². The number of carbonyl (C=O) groups is 1. The third-order valence-electron chi connectivity index (χ3n) is 4.60. The Bertz CT molecular complexity index is 535. The zero-order valence-corrected chi connectivity index (χ0v) is 14.0. The van der Waals surface area contributed by atoms with Gasteiger partial charge in [-0.2, -0.15) is 0 Å². The predicted octanol–water partition coefficient (Wildman–Crippen LogP) is 3.30. The molecule has 0 N–H and O–H groups in total. The van der Waals surface area contributed by atoms with Crippen LogP contribution in [0.1, 0.15) is 31.4 Å². The van der Waals surface area contributed by atoms with E-state index in [1.54, 1.807) is 0 Å². The maximum absolute atomic E-state index is 12.4. The maximum atomic E-state index is 12.4. The number of benzene rings is 1. The number of hydrogen-bond acceptors (Lipinski definition) is 3. The topological polar surface area (TPSA) is 23.6 Å². The van der Waals surface area contributed by atoms with Crippen molar-refractivity contribution in [2.75, 3.05) is 31.9 Å². The number of carbonyl (C=O) groups excluding carboxylic acids is 1. The van der Waals surface area contributed by atoms with Gasteiger partial charge in [0.2, 0.25) is 5.91 Å². The molecule has 0 spiro atoms. The van der Waals surface area contributed by atoms with Gasteiger partial charge >= 0.3 is 0 Å². The molecule has 1 saturated heterocycles. The standard InChI is InChI=1S/C18H24N2OS/c1-15(16-6-3-2-4-7-16)19-9-11-20(12-10-19)18(21)14-17-8-5-13-22-17/h2-4,6-8,15H,5,9-14H2,1H3. The third-order valence-corrected chi connectivity index (χ3v) is 5.72. The first-order valence-electron chi connectivity index (χ1n) is 8.12. The second kappa shape index (κ2) is 7.34. The van der Waals surface area contributed by atoms with Crippen LogP contribution in [-0.2, 0) is 4.79 Å². The molecule has 2 heterocycles. The first kappa shape index (κ1) is 15.6. The van der Waals surface area contributed by atoms with E-state index in [0.29, 0.717) is 18.4 Å². The smallest absolute Gasteiger partial charge is 0.227 e. The van der Waals surface area contributed by atoms with Crippen molar-refractivity contribution < 1.29 is 4.79 Å². The Balaban J connectivity index is 1.50. The average Bonchev–Trinajstić information content (AvgIpc) is 3.08. The Kier molecular flexibility index (Phi) is 5.21. The van der Waals surface area contributed by atoms with Crippen molar-refractivity contribution in [1.82, 2.24) is 9.80 Å². The largest absolute Gasteiger partial charge is 0.340 e. The normalized spacial score (nSPS) is 20.8. The van der Waals surface area contributed by atoms with Gasteiger partial charge in [0, 0.05) is 38.0 Å². The molecule has 0 radical (unpaired) electrons. The maximum Gasteiger partial charge on any atom is 0.227 e. The molecular formula is C18H24N2OS. The van der Waals surface area contributed by atoms with E-state index in [9.17, 15) is 4.79 Å². The van der Waals surface area contributed by atoms with Gasteiger partial charge in [0.15, 0.2) is 0 Å². The van der Waals surface area contributed by atoms with E-state index in [0.717, 1.165) is 38.4 Å². The van der Waals surface area contributed by atoms with E-state index in [-0.39, 0.29) is 0 Å². The number of nitrogens with zero attached hydrogens (tertiary/aromatic N) is 2. The molecule has 3 rings (SSSR count). The molecule has 0 aromatic heterocycles.